The summed E-state index contributed by atoms with van der Waals surface area (Å²) in [5, 5.41) is 10.3. The Morgan fingerprint density at radius 1 is 1.26 bits per heavy atom. The first-order chi connectivity index (χ1) is 9.10. The number of ether oxygens (including phenoxy) is 1. The lowest BCUT2D eigenvalue weighted by Gasteiger charge is -2.14. The molecule has 0 aliphatic carbocycles. The normalized spacial score (nSPS) is 12.2. The summed E-state index contributed by atoms with van der Waals surface area (Å²) >= 11 is 3.40. The second-order valence-electron chi connectivity index (χ2n) is 4.24. The molecule has 0 heterocycles. The highest BCUT2D eigenvalue weighted by Gasteiger charge is 2.13. The van der Waals surface area contributed by atoms with E-state index in [0.29, 0.717) is 12.2 Å². The van der Waals surface area contributed by atoms with Crippen molar-refractivity contribution in [3.05, 3.63) is 63.9 Å². The van der Waals surface area contributed by atoms with Crippen molar-refractivity contribution in [2.45, 2.75) is 12.5 Å². The first-order valence-electron chi connectivity index (χ1n) is 5.86. The molecule has 0 amide bonds. The van der Waals surface area contributed by atoms with Crippen LogP contribution in [-0.4, -0.2) is 12.2 Å². The maximum absolute atomic E-state index is 13.1. The fourth-order valence-corrected chi connectivity index (χ4v) is 2.41. The van der Waals surface area contributed by atoms with Crippen molar-refractivity contribution in [2.24, 2.45) is 0 Å². The highest BCUT2D eigenvalue weighted by atomic mass is 79.9. The Kier molecular flexibility index (Phi) is 4.56. The number of hydrogen-bond acceptors (Lipinski definition) is 2. The molecule has 0 saturated heterocycles. The quantitative estimate of drug-likeness (QED) is 0.925. The fourth-order valence-electron chi connectivity index (χ4n) is 1.90. The van der Waals surface area contributed by atoms with Crippen molar-refractivity contribution in [1.29, 1.82) is 0 Å². The first-order valence-corrected chi connectivity index (χ1v) is 6.65. The van der Waals surface area contributed by atoms with Crippen LogP contribution in [0.5, 0.6) is 5.75 Å². The van der Waals surface area contributed by atoms with E-state index in [1.807, 2.05) is 12.1 Å². The summed E-state index contributed by atoms with van der Waals surface area (Å²) in [7, 11) is 1.58. The summed E-state index contributed by atoms with van der Waals surface area (Å²) in [4.78, 5) is 0. The smallest absolute Gasteiger partial charge is 0.123 e. The largest absolute Gasteiger partial charge is 0.497 e. The molecule has 100 valence electrons. The number of aliphatic hydroxyl groups excluding tert-OH is 1. The van der Waals surface area contributed by atoms with Crippen LogP contribution >= 0.6 is 15.9 Å². The van der Waals surface area contributed by atoms with Crippen molar-refractivity contribution in [3.8, 4) is 5.75 Å². The second-order valence-corrected chi connectivity index (χ2v) is 5.09. The molecular formula is C15H14BrFO2. The minimum absolute atomic E-state index is 0.297. The summed E-state index contributed by atoms with van der Waals surface area (Å²) < 4.78 is 19.0. The number of benzene rings is 2. The standard InChI is InChI=1S/C15H14BrFO2/c1-19-12-5-6-14(16)13(9-12)15(18)8-10-3-2-4-11(17)7-10/h2-7,9,15,18H,8H2,1H3. The van der Waals surface area contributed by atoms with Gasteiger partial charge in [-0.1, -0.05) is 28.1 Å². The van der Waals surface area contributed by atoms with Crippen molar-refractivity contribution in [1.82, 2.24) is 0 Å². The van der Waals surface area contributed by atoms with Gasteiger partial charge in [-0.05, 0) is 41.5 Å². The van der Waals surface area contributed by atoms with E-state index in [1.54, 1.807) is 25.3 Å². The van der Waals surface area contributed by atoms with Gasteiger partial charge < -0.3 is 9.84 Å². The van der Waals surface area contributed by atoms with Crippen LogP contribution in [0.1, 0.15) is 17.2 Å². The lowest BCUT2D eigenvalue weighted by atomic mass is 10.0. The van der Waals surface area contributed by atoms with E-state index in [2.05, 4.69) is 15.9 Å². The molecule has 2 nitrogen and oxygen atoms in total. The van der Waals surface area contributed by atoms with Crippen molar-refractivity contribution in [2.75, 3.05) is 7.11 Å². The van der Waals surface area contributed by atoms with Gasteiger partial charge in [-0.3, -0.25) is 0 Å². The highest BCUT2D eigenvalue weighted by Crippen LogP contribution is 2.29. The van der Waals surface area contributed by atoms with E-state index in [1.165, 1.54) is 12.1 Å². The van der Waals surface area contributed by atoms with Crippen LogP contribution in [0.25, 0.3) is 0 Å². The molecule has 19 heavy (non-hydrogen) atoms. The summed E-state index contributed by atoms with van der Waals surface area (Å²) in [6.07, 6.45) is -0.366. The molecule has 1 unspecified atom stereocenters. The zero-order valence-corrected chi connectivity index (χ0v) is 12.0. The molecule has 0 bridgehead atoms. The van der Waals surface area contributed by atoms with E-state index in [-0.39, 0.29) is 5.82 Å². The molecule has 2 rings (SSSR count). The van der Waals surface area contributed by atoms with E-state index < -0.39 is 6.10 Å². The Labute approximate surface area is 120 Å². The maximum Gasteiger partial charge on any atom is 0.123 e. The Balaban J connectivity index is 2.22. The molecule has 0 spiro atoms. The maximum atomic E-state index is 13.1. The van der Waals surface area contributed by atoms with Gasteiger partial charge in [-0.25, -0.2) is 4.39 Å². The molecular weight excluding hydrogens is 311 g/mol. The Bertz CT molecular complexity index is 572. The third-order valence-corrected chi connectivity index (χ3v) is 3.60. The van der Waals surface area contributed by atoms with Crippen LogP contribution in [0.3, 0.4) is 0 Å². The summed E-state index contributed by atoms with van der Waals surface area (Å²) in [6, 6.07) is 11.6. The van der Waals surface area contributed by atoms with Gasteiger partial charge in [-0.15, -0.1) is 0 Å². The molecule has 0 fully saturated rings. The van der Waals surface area contributed by atoms with Gasteiger partial charge in [0.15, 0.2) is 0 Å². The molecule has 2 aromatic carbocycles. The topological polar surface area (TPSA) is 29.5 Å². The van der Waals surface area contributed by atoms with Crippen LogP contribution in [0.2, 0.25) is 0 Å². The van der Waals surface area contributed by atoms with Gasteiger partial charge in [0.05, 0.1) is 13.2 Å². The van der Waals surface area contributed by atoms with Gasteiger partial charge >= 0.3 is 0 Å². The van der Waals surface area contributed by atoms with Gasteiger partial charge in [0, 0.05) is 10.9 Å². The summed E-state index contributed by atoms with van der Waals surface area (Å²) in [5.41, 5.74) is 1.48. The Morgan fingerprint density at radius 3 is 2.74 bits per heavy atom. The predicted molar refractivity (Wildman–Crippen MR) is 75.8 cm³/mol. The zero-order chi connectivity index (χ0) is 13.8. The SMILES string of the molecule is COc1ccc(Br)c(C(O)Cc2cccc(F)c2)c1. The molecule has 0 radical (unpaired) electrons. The Hall–Kier alpha value is -1.39. The summed E-state index contributed by atoms with van der Waals surface area (Å²) in [5.74, 6) is 0.380. The minimum Gasteiger partial charge on any atom is -0.497 e. The molecule has 4 heteroatoms. The van der Waals surface area contributed by atoms with Crippen LogP contribution in [-0.2, 0) is 6.42 Å². The first kappa shape index (κ1) is 14.0. The van der Waals surface area contributed by atoms with Crippen molar-refractivity contribution in [3.63, 3.8) is 0 Å². The van der Waals surface area contributed by atoms with E-state index in [0.717, 1.165) is 15.6 Å². The van der Waals surface area contributed by atoms with Gasteiger partial charge in [-0.2, -0.15) is 0 Å². The third kappa shape index (κ3) is 3.55. The molecule has 0 aromatic heterocycles. The monoisotopic (exact) mass is 324 g/mol. The second kappa shape index (κ2) is 6.17. The van der Waals surface area contributed by atoms with E-state index in [4.69, 9.17) is 4.74 Å². The van der Waals surface area contributed by atoms with E-state index in [9.17, 15) is 9.50 Å². The fraction of sp³-hybridized carbons (Fsp3) is 0.200. The summed E-state index contributed by atoms with van der Waals surface area (Å²) in [6.45, 7) is 0. The average molecular weight is 325 g/mol. The lowest BCUT2D eigenvalue weighted by molar-refractivity contribution is 0.177. The average Bonchev–Trinajstić information content (AvgIpc) is 2.39. The van der Waals surface area contributed by atoms with Crippen LogP contribution in [0.4, 0.5) is 4.39 Å². The van der Waals surface area contributed by atoms with Crippen LogP contribution in [0, 0.1) is 5.82 Å². The van der Waals surface area contributed by atoms with Gasteiger partial charge in [0.25, 0.3) is 0 Å². The molecule has 0 aliphatic heterocycles. The molecule has 0 saturated carbocycles. The number of halogens is 2. The molecule has 1 atom stereocenters. The van der Waals surface area contributed by atoms with Crippen LogP contribution < -0.4 is 4.74 Å². The molecule has 1 N–H and O–H groups in total. The highest BCUT2D eigenvalue weighted by molar-refractivity contribution is 9.10. The van der Waals surface area contributed by atoms with Crippen molar-refractivity contribution >= 4 is 15.9 Å². The van der Waals surface area contributed by atoms with Gasteiger partial charge in [0.1, 0.15) is 11.6 Å². The predicted octanol–water partition coefficient (Wildman–Crippen LogP) is 3.87. The molecule has 2 aromatic rings. The van der Waals surface area contributed by atoms with Gasteiger partial charge in [0.2, 0.25) is 0 Å². The lowest BCUT2D eigenvalue weighted by Crippen LogP contribution is -2.03. The molecule has 0 aliphatic rings. The Morgan fingerprint density at radius 2 is 2.05 bits per heavy atom. The minimum atomic E-state index is -0.716. The number of aliphatic hydroxyl groups is 1. The number of hydrogen-bond donors (Lipinski definition) is 1. The number of methoxy groups -OCH3 is 1. The van der Waals surface area contributed by atoms with Crippen LogP contribution in [0.15, 0.2) is 46.9 Å². The van der Waals surface area contributed by atoms with Crippen molar-refractivity contribution < 1.29 is 14.2 Å². The zero-order valence-electron chi connectivity index (χ0n) is 10.4. The third-order valence-electron chi connectivity index (χ3n) is 2.88. The number of rotatable bonds is 4. The van der Waals surface area contributed by atoms with E-state index >= 15 is 0 Å².